The van der Waals surface area contributed by atoms with E-state index >= 15 is 0 Å². The summed E-state index contributed by atoms with van der Waals surface area (Å²) in [6, 6.07) is 11.7. The first-order valence-electron chi connectivity index (χ1n) is 12.8. The van der Waals surface area contributed by atoms with Crippen molar-refractivity contribution in [3.8, 4) is 5.75 Å². The minimum absolute atomic E-state index is 0.0574. The first-order valence-corrected chi connectivity index (χ1v) is 12.8. The molecule has 0 aliphatic carbocycles. The maximum Gasteiger partial charge on any atom is 0.410 e. The quantitative estimate of drug-likeness (QED) is 0.563. The number of fused-ring (bicyclic) bond motifs is 1. The van der Waals surface area contributed by atoms with E-state index in [4.69, 9.17) is 14.2 Å². The molecule has 39 heavy (non-hydrogen) atoms. The minimum Gasteiger partial charge on any atom is -0.493 e. The van der Waals surface area contributed by atoms with Gasteiger partial charge in [-0.25, -0.2) is 18.4 Å². The first-order chi connectivity index (χ1) is 18.5. The number of rotatable bonds is 7. The van der Waals surface area contributed by atoms with Crippen LogP contribution >= 0.6 is 0 Å². The number of hydrogen-bond acceptors (Lipinski definition) is 6. The molecular formula is C28H33F2N3O6. The first kappa shape index (κ1) is 28.1. The van der Waals surface area contributed by atoms with Gasteiger partial charge in [-0.05, 0) is 44.9 Å². The standard InChI is InChI=1S/C28H33F2N3O6/c1-28(2,3)39-27(36)32-12-11-23-25(32)19(17-37-20-9-10-21(29)22(30)13-20)15-33(23)24(34)14-31-26(35)38-16-18-7-5-4-6-8-18/h4-10,13,19,23,25H,11-12,14-17H2,1-3H3,(H,31,35)/t19-,23-,25-/m1/s1. The summed E-state index contributed by atoms with van der Waals surface area (Å²) in [6.07, 6.45) is -0.691. The van der Waals surface area contributed by atoms with Gasteiger partial charge in [-0.3, -0.25) is 4.79 Å². The van der Waals surface area contributed by atoms with Gasteiger partial charge in [-0.1, -0.05) is 30.3 Å². The predicted molar refractivity (Wildman–Crippen MR) is 137 cm³/mol. The number of benzene rings is 2. The molecule has 0 spiro atoms. The third-order valence-corrected chi connectivity index (χ3v) is 6.63. The van der Waals surface area contributed by atoms with Crippen LogP contribution in [-0.4, -0.2) is 71.8 Å². The number of halogens is 2. The molecule has 9 nitrogen and oxygen atoms in total. The van der Waals surface area contributed by atoms with E-state index in [-0.39, 0.29) is 49.9 Å². The molecule has 210 valence electrons. The molecular weight excluding hydrogens is 512 g/mol. The number of nitrogens with one attached hydrogen (secondary N) is 1. The van der Waals surface area contributed by atoms with Crippen molar-refractivity contribution in [3.05, 3.63) is 65.7 Å². The molecule has 3 atom stereocenters. The summed E-state index contributed by atoms with van der Waals surface area (Å²) in [4.78, 5) is 41.5. The molecule has 4 rings (SSSR count). The van der Waals surface area contributed by atoms with Crippen molar-refractivity contribution in [3.63, 3.8) is 0 Å². The van der Waals surface area contributed by atoms with Crippen molar-refractivity contribution in [1.29, 1.82) is 0 Å². The van der Waals surface area contributed by atoms with Gasteiger partial charge in [0.1, 0.15) is 24.5 Å². The second kappa shape index (κ2) is 11.9. The second-order valence-corrected chi connectivity index (χ2v) is 10.6. The predicted octanol–water partition coefficient (Wildman–Crippen LogP) is 4.11. The summed E-state index contributed by atoms with van der Waals surface area (Å²) in [5.41, 5.74) is 0.115. The fraction of sp³-hybridized carbons (Fsp3) is 0.464. The normalized spacial score (nSPS) is 20.4. The summed E-state index contributed by atoms with van der Waals surface area (Å²) in [5.74, 6) is -2.54. The van der Waals surface area contributed by atoms with Gasteiger partial charge in [-0.15, -0.1) is 0 Å². The Morgan fingerprint density at radius 3 is 2.46 bits per heavy atom. The van der Waals surface area contributed by atoms with Crippen LogP contribution < -0.4 is 10.1 Å². The Morgan fingerprint density at radius 1 is 1.03 bits per heavy atom. The molecule has 2 heterocycles. The van der Waals surface area contributed by atoms with Gasteiger partial charge in [0.2, 0.25) is 5.91 Å². The topological polar surface area (TPSA) is 97.4 Å². The molecule has 3 amide bonds. The molecule has 2 aliphatic rings. The van der Waals surface area contributed by atoms with Crippen molar-refractivity contribution in [2.75, 3.05) is 26.2 Å². The molecule has 0 radical (unpaired) electrons. The highest BCUT2D eigenvalue weighted by Crippen LogP contribution is 2.37. The molecule has 0 unspecified atom stereocenters. The van der Waals surface area contributed by atoms with Crippen molar-refractivity contribution in [2.45, 2.75) is 51.5 Å². The van der Waals surface area contributed by atoms with Crippen LogP contribution in [-0.2, 0) is 20.9 Å². The van der Waals surface area contributed by atoms with Crippen molar-refractivity contribution < 1.29 is 37.4 Å². The molecule has 0 bridgehead atoms. The zero-order chi connectivity index (χ0) is 28.2. The summed E-state index contributed by atoms with van der Waals surface area (Å²) in [7, 11) is 0. The maximum absolute atomic E-state index is 13.7. The molecule has 2 aromatic carbocycles. The molecule has 0 aromatic heterocycles. The van der Waals surface area contributed by atoms with Crippen LogP contribution in [0, 0.1) is 17.6 Å². The Morgan fingerprint density at radius 2 is 1.77 bits per heavy atom. The zero-order valence-electron chi connectivity index (χ0n) is 22.2. The molecule has 11 heteroatoms. The number of ether oxygens (including phenoxy) is 3. The fourth-order valence-corrected chi connectivity index (χ4v) is 4.97. The molecule has 2 saturated heterocycles. The van der Waals surface area contributed by atoms with Crippen molar-refractivity contribution >= 4 is 18.1 Å². The lowest BCUT2D eigenvalue weighted by atomic mass is 10.0. The lowest BCUT2D eigenvalue weighted by Crippen LogP contribution is -2.47. The minimum atomic E-state index is -1.03. The van der Waals surface area contributed by atoms with E-state index < -0.39 is 35.5 Å². The average Bonchev–Trinajstić information content (AvgIpc) is 3.47. The number of alkyl carbamates (subject to hydrolysis) is 1. The highest BCUT2D eigenvalue weighted by atomic mass is 19.2. The number of carbonyl (C=O) groups excluding carboxylic acids is 3. The van der Waals surface area contributed by atoms with Gasteiger partial charge >= 0.3 is 12.2 Å². The monoisotopic (exact) mass is 545 g/mol. The van der Waals surface area contributed by atoms with Gasteiger partial charge < -0.3 is 29.3 Å². The van der Waals surface area contributed by atoms with Crippen LogP contribution in [0.2, 0.25) is 0 Å². The zero-order valence-corrected chi connectivity index (χ0v) is 22.2. The summed E-state index contributed by atoms with van der Waals surface area (Å²) in [5, 5.41) is 2.49. The smallest absolute Gasteiger partial charge is 0.410 e. The van der Waals surface area contributed by atoms with Crippen LogP contribution in [0.25, 0.3) is 0 Å². The van der Waals surface area contributed by atoms with E-state index in [1.165, 1.54) is 6.07 Å². The van der Waals surface area contributed by atoms with E-state index in [2.05, 4.69) is 5.32 Å². The van der Waals surface area contributed by atoms with Crippen LogP contribution in [0.1, 0.15) is 32.8 Å². The van der Waals surface area contributed by atoms with Crippen LogP contribution in [0.3, 0.4) is 0 Å². The van der Waals surface area contributed by atoms with Crippen molar-refractivity contribution in [2.24, 2.45) is 5.92 Å². The lowest BCUT2D eigenvalue weighted by molar-refractivity contribution is -0.131. The number of likely N-dealkylation sites (tertiary alicyclic amines) is 2. The summed E-state index contributed by atoms with van der Waals surface area (Å²) < 4.78 is 43.5. The summed E-state index contributed by atoms with van der Waals surface area (Å²) >= 11 is 0. The lowest BCUT2D eigenvalue weighted by Gasteiger charge is -2.31. The molecule has 2 fully saturated rings. The molecule has 2 aliphatic heterocycles. The van der Waals surface area contributed by atoms with Crippen LogP contribution in [0.5, 0.6) is 5.75 Å². The third-order valence-electron chi connectivity index (χ3n) is 6.63. The van der Waals surface area contributed by atoms with Crippen LogP contribution in [0.15, 0.2) is 48.5 Å². The Kier molecular flexibility index (Phi) is 8.57. The largest absolute Gasteiger partial charge is 0.493 e. The fourth-order valence-electron chi connectivity index (χ4n) is 4.97. The Balaban J connectivity index is 1.41. The number of carbonyl (C=O) groups is 3. The highest BCUT2D eigenvalue weighted by molar-refractivity contribution is 5.83. The second-order valence-electron chi connectivity index (χ2n) is 10.6. The third kappa shape index (κ3) is 7.15. The van der Waals surface area contributed by atoms with Crippen molar-refractivity contribution in [1.82, 2.24) is 15.1 Å². The van der Waals surface area contributed by atoms with Gasteiger partial charge in [0.15, 0.2) is 11.6 Å². The SMILES string of the molecule is CC(C)(C)OC(=O)N1CC[C@@H]2[C@H]1[C@@H](COc1ccc(F)c(F)c1)CN2C(=O)CNC(=O)OCc1ccccc1. The average molecular weight is 546 g/mol. The molecule has 0 saturated carbocycles. The van der Waals surface area contributed by atoms with Crippen LogP contribution in [0.4, 0.5) is 18.4 Å². The van der Waals surface area contributed by atoms with E-state index in [1.54, 1.807) is 30.6 Å². The van der Waals surface area contributed by atoms with Gasteiger partial charge in [0, 0.05) is 25.1 Å². The Labute approximate surface area is 226 Å². The Hall–Kier alpha value is -3.89. The number of amides is 3. The number of hydrogen-bond donors (Lipinski definition) is 1. The molecule has 1 N–H and O–H groups in total. The van der Waals surface area contributed by atoms with Gasteiger partial charge in [0.05, 0.1) is 18.7 Å². The summed E-state index contributed by atoms with van der Waals surface area (Å²) in [6.45, 7) is 5.80. The van der Waals surface area contributed by atoms with E-state index in [0.29, 0.717) is 13.0 Å². The van der Waals surface area contributed by atoms with E-state index in [1.807, 2.05) is 30.3 Å². The van der Waals surface area contributed by atoms with E-state index in [9.17, 15) is 23.2 Å². The van der Waals surface area contributed by atoms with E-state index in [0.717, 1.165) is 17.7 Å². The maximum atomic E-state index is 13.7. The number of nitrogens with zero attached hydrogens (tertiary/aromatic N) is 2. The molecule has 2 aromatic rings. The Bertz CT molecular complexity index is 1190. The van der Waals surface area contributed by atoms with Gasteiger partial charge in [0.25, 0.3) is 0 Å². The van der Waals surface area contributed by atoms with Gasteiger partial charge in [-0.2, -0.15) is 0 Å². The highest BCUT2D eigenvalue weighted by Gasteiger charge is 2.52.